The van der Waals surface area contributed by atoms with E-state index in [1.165, 1.54) is 12.8 Å². The second kappa shape index (κ2) is 11.1. The fraction of sp³-hybridized carbons (Fsp3) is 0.905. The van der Waals surface area contributed by atoms with Crippen molar-refractivity contribution in [3.63, 3.8) is 0 Å². The fourth-order valence-corrected chi connectivity index (χ4v) is 5.08. The van der Waals surface area contributed by atoms with Crippen LogP contribution in [0.15, 0.2) is 0 Å². The van der Waals surface area contributed by atoms with Gasteiger partial charge in [-0.25, -0.2) is 9.78 Å². The van der Waals surface area contributed by atoms with Crippen molar-refractivity contribution in [1.82, 2.24) is 5.32 Å². The summed E-state index contributed by atoms with van der Waals surface area (Å²) < 4.78 is 0. The smallest absolute Gasteiger partial charge is 0.290 e. The Hall–Kier alpha value is -1.18. The normalized spacial score (nSPS) is 37.3. The topological polar surface area (TPSA) is 105 Å². The predicted molar refractivity (Wildman–Crippen MR) is 104 cm³/mol. The third kappa shape index (κ3) is 6.16. The minimum atomic E-state index is -1.12. The molecule has 3 fully saturated rings. The van der Waals surface area contributed by atoms with E-state index < -0.39 is 5.79 Å². The second-order valence-electron chi connectivity index (χ2n) is 8.69. The van der Waals surface area contributed by atoms with Gasteiger partial charge in [-0.1, -0.05) is 26.7 Å². The first kappa shape index (κ1) is 23.1. The largest absolute Gasteiger partial charge is 0.483 e. The van der Waals surface area contributed by atoms with Crippen LogP contribution in [0.2, 0.25) is 0 Å². The highest BCUT2D eigenvalue weighted by molar-refractivity contribution is 5.76. The van der Waals surface area contributed by atoms with Crippen molar-refractivity contribution in [3.05, 3.63) is 0 Å². The van der Waals surface area contributed by atoms with Gasteiger partial charge in [-0.05, 0) is 57.3 Å². The van der Waals surface area contributed by atoms with Gasteiger partial charge in [0.25, 0.3) is 6.47 Å². The summed E-state index contributed by atoms with van der Waals surface area (Å²) in [6.45, 7) is 3.86. The Kier molecular flexibility index (Phi) is 9.18. The van der Waals surface area contributed by atoms with E-state index >= 15 is 0 Å². The van der Waals surface area contributed by atoms with E-state index in [0.29, 0.717) is 6.42 Å². The summed E-state index contributed by atoms with van der Waals surface area (Å²) in [7, 11) is 0. The summed E-state index contributed by atoms with van der Waals surface area (Å²) in [5.41, 5.74) is 0. The number of amides is 1. The molecular weight excluding hydrogens is 362 g/mol. The van der Waals surface area contributed by atoms with Gasteiger partial charge >= 0.3 is 0 Å². The summed E-state index contributed by atoms with van der Waals surface area (Å²) in [6.07, 6.45) is 10.7. The second-order valence-corrected chi connectivity index (χ2v) is 8.69. The average molecular weight is 400 g/mol. The number of carboxylic acid groups (broad SMARTS) is 1. The zero-order valence-electron chi connectivity index (χ0n) is 17.3. The van der Waals surface area contributed by atoms with Crippen molar-refractivity contribution < 1.29 is 29.6 Å². The maximum absolute atomic E-state index is 11.7. The van der Waals surface area contributed by atoms with Gasteiger partial charge < -0.3 is 15.5 Å². The van der Waals surface area contributed by atoms with E-state index in [1.54, 1.807) is 0 Å². The number of fused-ring (bicyclic) bond motifs is 2. The Bertz CT molecular complexity index is 491. The van der Waals surface area contributed by atoms with Crippen LogP contribution in [0.3, 0.4) is 0 Å². The third-order valence-electron chi connectivity index (χ3n) is 6.59. The molecule has 0 radical (unpaired) electrons. The molecule has 3 rings (SSSR count). The Morgan fingerprint density at radius 1 is 1.18 bits per heavy atom. The zero-order chi connectivity index (χ0) is 20.6. The number of carbonyl (C=O) groups excluding carboxylic acids is 1. The molecule has 0 heterocycles. The summed E-state index contributed by atoms with van der Waals surface area (Å²) in [6, 6.07) is 0.259. The number of nitrogens with one attached hydrogen (secondary N) is 1. The highest BCUT2D eigenvalue weighted by atomic mass is 17.2. The molecule has 7 heteroatoms. The number of rotatable bonds is 6. The predicted octanol–water partition coefficient (Wildman–Crippen LogP) is 3.40. The summed E-state index contributed by atoms with van der Waals surface area (Å²) >= 11 is 0. The highest BCUT2D eigenvalue weighted by Crippen LogP contribution is 2.49. The molecule has 4 atom stereocenters. The van der Waals surface area contributed by atoms with Gasteiger partial charge in [0.1, 0.15) is 0 Å². The lowest BCUT2D eigenvalue weighted by Gasteiger charge is -2.48. The summed E-state index contributed by atoms with van der Waals surface area (Å²) in [4.78, 5) is 31.5. The van der Waals surface area contributed by atoms with Gasteiger partial charge in [-0.2, -0.15) is 0 Å². The zero-order valence-corrected chi connectivity index (χ0v) is 17.3. The molecule has 3 aliphatic carbocycles. The minimum absolute atomic E-state index is 0.0249. The molecule has 7 nitrogen and oxygen atoms in total. The molecule has 0 spiro atoms. The van der Waals surface area contributed by atoms with Crippen LogP contribution >= 0.6 is 0 Å². The minimum Gasteiger partial charge on any atom is -0.483 e. The number of aliphatic hydroxyl groups is 1. The quantitative estimate of drug-likeness (QED) is 0.274. The van der Waals surface area contributed by atoms with Crippen LogP contribution in [0.25, 0.3) is 0 Å². The van der Waals surface area contributed by atoms with E-state index in [2.05, 4.69) is 12.2 Å². The molecule has 162 valence electrons. The Labute approximate surface area is 168 Å². The lowest BCUT2D eigenvalue weighted by molar-refractivity contribution is -0.471. The first-order valence-electron chi connectivity index (χ1n) is 10.9. The molecule has 3 N–H and O–H groups in total. The lowest BCUT2D eigenvalue weighted by atomic mass is 9.65. The van der Waals surface area contributed by atoms with Crippen molar-refractivity contribution >= 4 is 12.4 Å². The van der Waals surface area contributed by atoms with Crippen LogP contribution in [-0.4, -0.2) is 40.5 Å². The van der Waals surface area contributed by atoms with Crippen LogP contribution in [0.1, 0.15) is 84.5 Å². The molecule has 0 aromatic rings. The van der Waals surface area contributed by atoms with Gasteiger partial charge in [-0.15, -0.1) is 0 Å². The molecule has 0 aliphatic heterocycles. The molecule has 4 unspecified atom stereocenters. The van der Waals surface area contributed by atoms with E-state index in [-0.39, 0.29) is 36.4 Å². The summed E-state index contributed by atoms with van der Waals surface area (Å²) in [5.74, 6) is 0.115. The molecule has 0 aromatic heterocycles. The molecule has 2 bridgehead atoms. The van der Waals surface area contributed by atoms with Crippen molar-refractivity contribution in [3.8, 4) is 0 Å². The first-order chi connectivity index (χ1) is 13.4. The summed E-state index contributed by atoms with van der Waals surface area (Å²) in [5, 5.41) is 21.1. The van der Waals surface area contributed by atoms with Gasteiger partial charge in [0.15, 0.2) is 0 Å². The Morgan fingerprint density at radius 3 is 2.50 bits per heavy atom. The van der Waals surface area contributed by atoms with Crippen molar-refractivity contribution in [2.75, 3.05) is 0 Å². The molecule has 28 heavy (non-hydrogen) atoms. The molecule has 0 aromatic carbocycles. The van der Waals surface area contributed by atoms with E-state index in [9.17, 15) is 9.90 Å². The van der Waals surface area contributed by atoms with E-state index in [0.717, 1.165) is 57.3 Å². The number of hydrogen-bond donors (Lipinski definition) is 3. The van der Waals surface area contributed by atoms with Crippen molar-refractivity contribution in [1.29, 1.82) is 0 Å². The van der Waals surface area contributed by atoms with Crippen molar-refractivity contribution in [2.45, 2.75) is 102 Å². The van der Waals surface area contributed by atoms with Crippen LogP contribution in [0, 0.1) is 17.8 Å². The van der Waals surface area contributed by atoms with E-state index in [1.807, 2.05) is 6.92 Å². The maximum Gasteiger partial charge on any atom is 0.290 e. The van der Waals surface area contributed by atoms with Crippen LogP contribution in [0.5, 0.6) is 0 Å². The van der Waals surface area contributed by atoms with Crippen LogP contribution < -0.4 is 5.32 Å². The first-order valence-corrected chi connectivity index (χ1v) is 10.9. The number of hydrogen-bond acceptors (Lipinski definition) is 5. The SMILES string of the molecule is CCCC(=O)NC1CCC(OOC2(O)C(C)CC3CCCC2C3)CC1.O=CO. The maximum atomic E-state index is 11.7. The fourth-order valence-electron chi connectivity index (χ4n) is 5.08. The molecular formula is C21H37NO6. The standard InChI is InChI=1S/C20H35NO4.CH2O2/c1-3-5-19(22)21-17-8-10-18(11-9-17)24-25-20(23)14(2)12-15-6-4-7-16(20)13-15;2-1-3/h14-18,23H,3-13H2,1-2H3,(H,21,22);1H,(H,2,3). The number of carbonyl (C=O) groups is 2. The third-order valence-corrected chi connectivity index (χ3v) is 6.59. The van der Waals surface area contributed by atoms with E-state index in [4.69, 9.17) is 19.7 Å². The molecule has 0 saturated heterocycles. The average Bonchev–Trinajstić information content (AvgIpc) is 2.67. The lowest BCUT2D eigenvalue weighted by Crippen LogP contribution is -2.53. The highest BCUT2D eigenvalue weighted by Gasteiger charge is 2.51. The molecule has 3 saturated carbocycles. The Morgan fingerprint density at radius 2 is 1.86 bits per heavy atom. The molecule has 1 amide bonds. The van der Waals surface area contributed by atoms with Gasteiger partial charge in [0.2, 0.25) is 11.7 Å². The van der Waals surface area contributed by atoms with Crippen LogP contribution in [0.4, 0.5) is 0 Å². The van der Waals surface area contributed by atoms with Gasteiger partial charge in [0.05, 0.1) is 6.10 Å². The molecule has 3 aliphatic rings. The monoisotopic (exact) mass is 399 g/mol. The van der Waals surface area contributed by atoms with Gasteiger partial charge in [0, 0.05) is 24.3 Å². The van der Waals surface area contributed by atoms with Gasteiger partial charge in [-0.3, -0.25) is 9.59 Å². The van der Waals surface area contributed by atoms with Crippen molar-refractivity contribution in [2.24, 2.45) is 17.8 Å². The Balaban J connectivity index is 0.000000878. The van der Waals surface area contributed by atoms with Crippen LogP contribution in [-0.2, 0) is 19.4 Å².